The van der Waals surface area contributed by atoms with Crippen LogP contribution >= 0.6 is 12.2 Å². The molecule has 1 aliphatic carbocycles. The highest BCUT2D eigenvalue weighted by Crippen LogP contribution is 2.17. The van der Waals surface area contributed by atoms with Crippen molar-refractivity contribution in [2.75, 3.05) is 13.1 Å². The van der Waals surface area contributed by atoms with Gasteiger partial charge in [0.25, 0.3) is 5.91 Å². The van der Waals surface area contributed by atoms with Gasteiger partial charge in [0.2, 0.25) is 0 Å². The fourth-order valence-electron chi connectivity index (χ4n) is 4.00. The van der Waals surface area contributed by atoms with Gasteiger partial charge in [-0.25, -0.2) is 4.98 Å². The third kappa shape index (κ3) is 5.53. The molecule has 1 aliphatic heterocycles. The normalized spacial score (nSPS) is 18.1. The number of likely N-dealkylation sites (tertiary alicyclic amines) is 1. The number of piperidine rings is 1. The third-order valence-electron chi connectivity index (χ3n) is 5.68. The summed E-state index contributed by atoms with van der Waals surface area (Å²) in [6.45, 7) is 1.99. The van der Waals surface area contributed by atoms with Gasteiger partial charge in [0, 0.05) is 54.9 Å². The molecule has 6 nitrogen and oxygen atoms in total. The quantitative estimate of drug-likeness (QED) is 0.510. The van der Waals surface area contributed by atoms with Gasteiger partial charge in [0.1, 0.15) is 5.65 Å². The van der Waals surface area contributed by atoms with Crippen LogP contribution in [-0.4, -0.2) is 45.0 Å². The molecule has 1 saturated heterocycles. The van der Waals surface area contributed by atoms with E-state index in [9.17, 15) is 4.79 Å². The minimum Gasteiger partial charge on any atom is -0.361 e. The minimum atomic E-state index is -0.100. The second kappa shape index (κ2) is 10.3. The van der Waals surface area contributed by atoms with Crippen LogP contribution in [-0.2, 0) is 11.3 Å². The molecule has 3 heterocycles. The Morgan fingerprint density at radius 3 is 3.10 bits per heavy atom. The summed E-state index contributed by atoms with van der Waals surface area (Å²) in [6.07, 6.45) is 15.0. The topological polar surface area (TPSA) is 73.1 Å². The molecule has 2 aromatic rings. The van der Waals surface area contributed by atoms with Crippen molar-refractivity contribution in [3.63, 3.8) is 0 Å². The Morgan fingerprint density at radius 1 is 1.29 bits per heavy atom. The molecule has 2 aromatic heterocycles. The number of thiocarbonyl (C=S) groups is 1. The molecular weight excluding hydrogens is 406 g/mol. The molecule has 3 N–H and O–H groups in total. The Kier molecular flexibility index (Phi) is 7.00. The number of hydrogen-bond acceptors (Lipinski definition) is 3. The zero-order valence-electron chi connectivity index (χ0n) is 17.5. The molecule has 160 valence electrons. The van der Waals surface area contributed by atoms with Crippen LogP contribution in [0.15, 0.2) is 48.3 Å². The first-order valence-corrected chi connectivity index (χ1v) is 11.2. The van der Waals surface area contributed by atoms with Crippen LogP contribution in [0.25, 0.3) is 11.0 Å². The van der Waals surface area contributed by atoms with Gasteiger partial charge in [-0.2, -0.15) is 0 Å². The summed E-state index contributed by atoms with van der Waals surface area (Å²) in [5.74, 6) is 5.75. The van der Waals surface area contributed by atoms with Crippen LogP contribution in [0.4, 0.5) is 0 Å². The van der Waals surface area contributed by atoms with E-state index in [4.69, 9.17) is 12.2 Å². The smallest absolute Gasteiger partial charge is 0.299 e. The molecule has 0 radical (unpaired) electrons. The van der Waals surface area contributed by atoms with E-state index in [0.717, 1.165) is 60.8 Å². The number of H-pyrrole nitrogens is 1. The van der Waals surface area contributed by atoms with E-state index in [2.05, 4.69) is 44.6 Å². The molecule has 1 atom stereocenters. The van der Waals surface area contributed by atoms with E-state index in [1.165, 1.54) is 0 Å². The molecular formula is C24H27N5OS. The van der Waals surface area contributed by atoms with Crippen LogP contribution in [0.1, 0.15) is 37.7 Å². The first-order valence-electron chi connectivity index (χ1n) is 10.8. The molecule has 0 saturated carbocycles. The van der Waals surface area contributed by atoms with E-state index >= 15 is 0 Å². The fourth-order valence-corrected chi connectivity index (χ4v) is 4.16. The number of aromatic amines is 1. The largest absolute Gasteiger partial charge is 0.361 e. The van der Waals surface area contributed by atoms with Crippen LogP contribution in [0, 0.1) is 11.8 Å². The SMILES string of the molecule is O=C(C#CC1=CCCC=C1)N1CCCCC1CNC(=S)NCc1ccnc2[nH]ccc12. The molecule has 4 rings (SSSR count). The number of carbonyl (C=O) groups excluding carboxylic acids is 1. The maximum atomic E-state index is 12.7. The molecule has 0 bridgehead atoms. The van der Waals surface area contributed by atoms with Gasteiger partial charge in [0.15, 0.2) is 5.11 Å². The first-order chi connectivity index (χ1) is 15.2. The lowest BCUT2D eigenvalue weighted by atomic mass is 10.0. The van der Waals surface area contributed by atoms with Crippen molar-refractivity contribution < 1.29 is 4.79 Å². The summed E-state index contributed by atoms with van der Waals surface area (Å²) < 4.78 is 0. The lowest BCUT2D eigenvalue weighted by molar-refractivity contribution is -0.128. The molecule has 1 unspecified atom stereocenters. The number of carbonyl (C=O) groups is 1. The number of pyridine rings is 1. The minimum absolute atomic E-state index is 0.100. The number of hydrogen-bond donors (Lipinski definition) is 3. The molecule has 31 heavy (non-hydrogen) atoms. The van der Waals surface area contributed by atoms with Gasteiger partial charge in [-0.1, -0.05) is 24.1 Å². The molecule has 1 amide bonds. The lowest BCUT2D eigenvalue weighted by Gasteiger charge is -2.34. The number of fused-ring (bicyclic) bond motifs is 1. The summed E-state index contributed by atoms with van der Waals surface area (Å²) in [7, 11) is 0. The second-order valence-electron chi connectivity index (χ2n) is 7.81. The number of amides is 1. The van der Waals surface area contributed by atoms with E-state index in [1.54, 1.807) is 6.20 Å². The Morgan fingerprint density at radius 2 is 2.23 bits per heavy atom. The van der Waals surface area contributed by atoms with Crippen molar-refractivity contribution in [2.24, 2.45) is 0 Å². The number of aromatic nitrogens is 2. The molecule has 7 heteroatoms. The number of nitrogens with zero attached hydrogens (tertiary/aromatic N) is 2. The van der Waals surface area contributed by atoms with Gasteiger partial charge in [-0.15, -0.1) is 0 Å². The van der Waals surface area contributed by atoms with E-state index in [-0.39, 0.29) is 11.9 Å². The third-order valence-corrected chi connectivity index (χ3v) is 5.97. The van der Waals surface area contributed by atoms with Gasteiger partial charge >= 0.3 is 0 Å². The average Bonchev–Trinajstić information content (AvgIpc) is 3.30. The van der Waals surface area contributed by atoms with Crippen molar-refractivity contribution in [3.8, 4) is 11.8 Å². The zero-order valence-corrected chi connectivity index (χ0v) is 18.3. The van der Waals surface area contributed by atoms with Crippen molar-refractivity contribution in [3.05, 3.63) is 53.9 Å². The summed E-state index contributed by atoms with van der Waals surface area (Å²) >= 11 is 5.47. The van der Waals surface area contributed by atoms with E-state index < -0.39 is 0 Å². The predicted molar refractivity (Wildman–Crippen MR) is 127 cm³/mol. The highest BCUT2D eigenvalue weighted by Gasteiger charge is 2.25. The van der Waals surface area contributed by atoms with Crippen molar-refractivity contribution in [2.45, 2.75) is 44.7 Å². The number of nitrogens with one attached hydrogen (secondary N) is 3. The molecule has 0 aromatic carbocycles. The van der Waals surface area contributed by atoms with Crippen molar-refractivity contribution in [1.29, 1.82) is 0 Å². The van der Waals surface area contributed by atoms with Crippen molar-refractivity contribution >= 4 is 34.3 Å². The van der Waals surface area contributed by atoms with Crippen LogP contribution in [0.2, 0.25) is 0 Å². The Labute approximate surface area is 188 Å². The summed E-state index contributed by atoms with van der Waals surface area (Å²) in [4.78, 5) is 22.0. The first kappa shape index (κ1) is 21.1. The maximum Gasteiger partial charge on any atom is 0.299 e. The number of rotatable bonds is 4. The second-order valence-corrected chi connectivity index (χ2v) is 8.22. The van der Waals surface area contributed by atoms with Gasteiger partial charge in [-0.05, 0) is 62.0 Å². The van der Waals surface area contributed by atoms with Crippen LogP contribution in [0.5, 0.6) is 0 Å². The summed E-state index contributed by atoms with van der Waals surface area (Å²) in [5, 5.41) is 8.22. The monoisotopic (exact) mass is 433 g/mol. The van der Waals surface area contributed by atoms with Gasteiger partial charge in [0.05, 0.1) is 0 Å². The standard InChI is InChI=1S/C24H27N5OS/c30-22(10-9-18-6-2-1-3-7-18)29-15-5-4-8-20(29)17-28-24(31)27-16-19-11-13-25-23-21(19)12-14-26-23/h2,6-7,11-14,20H,1,3-5,8,15-17H2,(H,25,26)(H2,27,28,31). The Hall–Kier alpha value is -3.11. The van der Waals surface area contributed by atoms with Gasteiger partial charge in [-0.3, -0.25) is 4.79 Å². The zero-order chi connectivity index (χ0) is 21.5. The average molecular weight is 434 g/mol. The summed E-state index contributed by atoms with van der Waals surface area (Å²) in [6, 6.07) is 4.10. The fraction of sp³-hybridized carbons (Fsp3) is 0.375. The van der Waals surface area contributed by atoms with Crippen molar-refractivity contribution in [1.82, 2.24) is 25.5 Å². The molecule has 0 spiro atoms. The van der Waals surface area contributed by atoms with E-state index in [0.29, 0.717) is 18.2 Å². The highest BCUT2D eigenvalue weighted by atomic mass is 32.1. The van der Waals surface area contributed by atoms with Gasteiger partial charge < -0.3 is 20.5 Å². The maximum absolute atomic E-state index is 12.7. The molecule has 2 aliphatic rings. The highest BCUT2D eigenvalue weighted by molar-refractivity contribution is 7.80. The molecule has 1 fully saturated rings. The lowest BCUT2D eigenvalue weighted by Crippen LogP contribution is -2.50. The Bertz CT molecular complexity index is 1070. The summed E-state index contributed by atoms with van der Waals surface area (Å²) in [5.41, 5.74) is 2.94. The Balaban J connectivity index is 1.30. The van der Waals surface area contributed by atoms with Crippen LogP contribution < -0.4 is 10.6 Å². The predicted octanol–water partition coefficient (Wildman–Crippen LogP) is 3.19. The van der Waals surface area contributed by atoms with Crippen LogP contribution in [0.3, 0.4) is 0 Å². The van der Waals surface area contributed by atoms with E-state index in [1.807, 2.05) is 29.3 Å². The number of allylic oxidation sites excluding steroid dienone is 4.